The zero-order valence-corrected chi connectivity index (χ0v) is 13.2. The highest BCUT2D eigenvalue weighted by Gasteiger charge is 2.18. The molecular formula is C19H19NO4. The van der Waals surface area contributed by atoms with E-state index in [0.717, 1.165) is 31.5 Å². The predicted molar refractivity (Wildman–Crippen MR) is 90.3 cm³/mol. The summed E-state index contributed by atoms with van der Waals surface area (Å²) in [5.41, 5.74) is 2.01. The Kier molecular flexibility index (Phi) is 4.51. The topological polar surface area (TPSA) is 77.8 Å². The number of carboxylic acids is 1. The first-order valence-corrected chi connectivity index (χ1v) is 8.01. The summed E-state index contributed by atoms with van der Waals surface area (Å²) in [5.74, 6) is -1.16. The van der Waals surface area contributed by atoms with Crippen LogP contribution in [0, 0.1) is 0 Å². The summed E-state index contributed by atoms with van der Waals surface area (Å²) in [6, 6.07) is 11.3. The van der Waals surface area contributed by atoms with E-state index in [1.807, 2.05) is 4.90 Å². The number of phenolic OH excluding ortho intramolecular Hbond substituents is 1. The summed E-state index contributed by atoms with van der Waals surface area (Å²) in [5, 5.41) is 18.8. The summed E-state index contributed by atoms with van der Waals surface area (Å²) < 4.78 is 0. The highest BCUT2D eigenvalue weighted by atomic mass is 16.4. The lowest BCUT2D eigenvalue weighted by atomic mass is 10.0. The van der Waals surface area contributed by atoms with E-state index in [-0.39, 0.29) is 17.2 Å². The number of hydrogen-bond acceptors (Lipinski definition) is 3. The molecule has 2 aromatic carbocycles. The van der Waals surface area contributed by atoms with Crippen LogP contribution in [0.2, 0.25) is 0 Å². The molecule has 0 unspecified atom stereocenters. The monoisotopic (exact) mass is 325 g/mol. The molecule has 1 fully saturated rings. The Morgan fingerprint density at radius 3 is 2.12 bits per heavy atom. The molecule has 0 atom stereocenters. The first-order chi connectivity index (χ1) is 11.5. The molecule has 0 spiro atoms. The average molecular weight is 325 g/mol. The summed E-state index contributed by atoms with van der Waals surface area (Å²) in [7, 11) is 0. The number of hydrogen-bond donors (Lipinski definition) is 2. The van der Waals surface area contributed by atoms with Gasteiger partial charge in [0.15, 0.2) is 0 Å². The van der Waals surface area contributed by atoms with Gasteiger partial charge >= 0.3 is 5.97 Å². The Balaban J connectivity index is 1.84. The number of benzene rings is 2. The number of piperidine rings is 1. The van der Waals surface area contributed by atoms with Crippen LogP contribution in [-0.2, 0) is 0 Å². The van der Waals surface area contributed by atoms with Crippen LogP contribution in [0.15, 0.2) is 42.5 Å². The third-order valence-corrected chi connectivity index (χ3v) is 4.27. The van der Waals surface area contributed by atoms with Crippen molar-refractivity contribution in [1.29, 1.82) is 0 Å². The number of carboxylic acid groups (broad SMARTS) is 1. The van der Waals surface area contributed by atoms with Crippen molar-refractivity contribution in [2.45, 2.75) is 19.3 Å². The van der Waals surface area contributed by atoms with E-state index in [9.17, 15) is 14.7 Å². The third kappa shape index (κ3) is 3.40. The molecule has 0 bridgehead atoms. The third-order valence-electron chi connectivity index (χ3n) is 4.27. The van der Waals surface area contributed by atoms with Gasteiger partial charge in [0.2, 0.25) is 0 Å². The van der Waals surface area contributed by atoms with E-state index in [0.29, 0.717) is 11.1 Å². The number of likely N-dealkylation sites (tertiary alicyclic amines) is 1. The van der Waals surface area contributed by atoms with Gasteiger partial charge in [0.1, 0.15) is 5.75 Å². The van der Waals surface area contributed by atoms with Crippen molar-refractivity contribution in [3.8, 4) is 16.9 Å². The van der Waals surface area contributed by atoms with Gasteiger partial charge < -0.3 is 15.1 Å². The molecule has 0 saturated carbocycles. The minimum absolute atomic E-state index is 0.0264. The van der Waals surface area contributed by atoms with Crippen LogP contribution >= 0.6 is 0 Å². The van der Waals surface area contributed by atoms with Crippen LogP contribution in [0.4, 0.5) is 0 Å². The van der Waals surface area contributed by atoms with E-state index in [1.54, 1.807) is 24.3 Å². The number of aromatic hydroxyl groups is 1. The van der Waals surface area contributed by atoms with E-state index in [4.69, 9.17) is 5.11 Å². The van der Waals surface area contributed by atoms with Crippen molar-refractivity contribution in [1.82, 2.24) is 4.90 Å². The highest BCUT2D eigenvalue weighted by molar-refractivity contribution is 5.95. The van der Waals surface area contributed by atoms with Crippen LogP contribution < -0.4 is 0 Å². The fraction of sp³-hybridized carbons (Fsp3) is 0.263. The molecule has 0 aliphatic carbocycles. The lowest BCUT2D eigenvalue weighted by Gasteiger charge is -2.26. The molecule has 1 saturated heterocycles. The van der Waals surface area contributed by atoms with E-state index >= 15 is 0 Å². The zero-order chi connectivity index (χ0) is 17.1. The van der Waals surface area contributed by atoms with Crippen molar-refractivity contribution >= 4 is 11.9 Å². The quantitative estimate of drug-likeness (QED) is 0.907. The molecule has 0 aromatic heterocycles. The Bertz CT molecular complexity index is 761. The molecule has 2 N–H and O–H groups in total. The van der Waals surface area contributed by atoms with Crippen LogP contribution in [0.1, 0.15) is 40.0 Å². The number of carbonyl (C=O) groups is 2. The number of amides is 1. The second kappa shape index (κ2) is 6.74. The Morgan fingerprint density at radius 1 is 0.833 bits per heavy atom. The SMILES string of the molecule is O=C(O)c1cc(O)cc(-c2ccc(C(=O)N3CCCCC3)cc2)c1. The predicted octanol–water partition coefficient (Wildman–Crippen LogP) is 3.38. The fourth-order valence-corrected chi connectivity index (χ4v) is 2.99. The van der Waals surface area contributed by atoms with Gasteiger partial charge in [-0.1, -0.05) is 12.1 Å². The van der Waals surface area contributed by atoms with Crippen molar-refractivity contribution < 1.29 is 19.8 Å². The average Bonchev–Trinajstić information content (AvgIpc) is 2.61. The van der Waals surface area contributed by atoms with Gasteiger partial charge in [-0.3, -0.25) is 4.79 Å². The van der Waals surface area contributed by atoms with Crippen LogP contribution in [-0.4, -0.2) is 40.1 Å². The molecule has 124 valence electrons. The van der Waals surface area contributed by atoms with Crippen LogP contribution in [0.5, 0.6) is 5.75 Å². The molecular weight excluding hydrogens is 306 g/mol. The normalized spacial score (nSPS) is 14.4. The van der Waals surface area contributed by atoms with Gasteiger partial charge in [0, 0.05) is 18.7 Å². The number of aromatic carboxylic acids is 1. The maximum absolute atomic E-state index is 12.5. The first kappa shape index (κ1) is 16.1. The number of carbonyl (C=O) groups excluding carboxylic acids is 1. The van der Waals surface area contributed by atoms with Gasteiger partial charge in [0.05, 0.1) is 5.56 Å². The van der Waals surface area contributed by atoms with Gasteiger partial charge in [-0.15, -0.1) is 0 Å². The highest BCUT2D eigenvalue weighted by Crippen LogP contribution is 2.26. The number of phenols is 1. The second-order valence-electron chi connectivity index (χ2n) is 6.00. The maximum Gasteiger partial charge on any atom is 0.335 e. The number of rotatable bonds is 3. The van der Waals surface area contributed by atoms with Gasteiger partial charge in [0.25, 0.3) is 5.91 Å². The largest absolute Gasteiger partial charge is 0.508 e. The summed E-state index contributed by atoms with van der Waals surface area (Å²) in [6.07, 6.45) is 3.27. The van der Waals surface area contributed by atoms with E-state index in [1.165, 1.54) is 24.6 Å². The molecule has 1 aliphatic rings. The van der Waals surface area contributed by atoms with E-state index in [2.05, 4.69) is 0 Å². The maximum atomic E-state index is 12.5. The van der Waals surface area contributed by atoms with Crippen molar-refractivity contribution in [3.63, 3.8) is 0 Å². The molecule has 0 radical (unpaired) electrons. The standard InChI is InChI=1S/C19H19NO4/c21-17-11-15(10-16(12-17)19(23)24)13-4-6-14(7-5-13)18(22)20-8-2-1-3-9-20/h4-7,10-12,21H,1-3,8-9H2,(H,23,24). The van der Waals surface area contributed by atoms with Crippen molar-refractivity contribution in [2.75, 3.05) is 13.1 Å². The van der Waals surface area contributed by atoms with Crippen molar-refractivity contribution in [2.24, 2.45) is 0 Å². The smallest absolute Gasteiger partial charge is 0.335 e. The Morgan fingerprint density at radius 2 is 1.50 bits per heavy atom. The minimum atomic E-state index is -1.09. The second-order valence-corrected chi connectivity index (χ2v) is 6.00. The van der Waals surface area contributed by atoms with Crippen molar-refractivity contribution in [3.05, 3.63) is 53.6 Å². The zero-order valence-electron chi connectivity index (χ0n) is 13.2. The van der Waals surface area contributed by atoms with Crippen LogP contribution in [0.3, 0.4) is 0 Å². The molecule has 2 aromatic rings. The van der Waals surface area contributed by atoms with Gasteiger partial charge in [-0.05, 0) is 60.7 Å². The van der Waals surface area contributed by atoms with E-state index < -0.39 is 5.97 Å². The lowest BCUT2D eigenvalue weighted by Crippen LogP contribution is -2.35. The summed E-state index contributed by atoms with van der Waals surface area (Å²) in [4.78, 5) is 25.4. The van der Waals surface area contributed by atoms with Gasteiger partial charge in [-0.2, -0.15) is 0 Å². The summed E-state index contributed by atoms with van der Waals surface area (Å²) >= 11 is 0. The van der Waals surface area contributed by atoms with Gasteiger partial charge in [-0.25, -0.2) is 4.79 Å². The Hall–Kier alpha value is -2.82. The Labute approximate surface area is 140 Å². The molecule has 24 heavy (non-hydrogen) atoms. The minimum Gasteiger partial charge on any atom is -0.508 e. The molecule has 1 amide bonds. The molecule has 5 nitrogen and oxygen atoms in total. The van der Waals surface area contributed by atoms with Crippen LogP contribution in [0.25, 0.3) is 11.1 Å². The number of nitrogens with zero attached hydrogens (tertiary/aromatic N) is 1. The molecule has 1 aliphatic heterocycles. The molecule has 3 rings (SSSR count). The first-order valence-electron chi connectivity index (χ1n) is 8.01. The summed E-state index contributed by atoms with van der Waals surface area (Å²) in [6.45, 7) is 1.60. The molecule has 1 heterocycles. The lowest BCUT2D eigenvalue weighted by molar-refractivity contribution is 0.0694. The molecule has 5 heteroatoms. The fourth-order valence-electron chi connectivity index (χ4n) is 2.99.